The van der Waals surface area contributed by atoms with Gasteiger partial charge in [0, 0.05) is 32.0 Å². The van der Waals surface area contributed by atoms with Crippen molar-refractivity contribution < 1.29 is 0 Å². The zero-order valence-corrected chi connectivity index (χ0v) is 10.9. The van der Waals surface area contributed by atoms with E-state index in [-0.39, 0.29) is 11.6 Å². The van der Waals surface area contributed by atoms with Crippen molar-refractivity contribution in [1.29, 1.82) is 0 Å². The van der Waals surface area contributed by atoms with Crippen molar-refractivity contribution >= 4 is 5.82 Å². The normalized spacial score (nSPS) is 18.6. The van der Waals surface area contributed by atoms with Gasteiger partial charge in [0.05, 0.1) is 0 Å². The zero-order valence-electron chi connectivity index (χ0n) is 10.9. The van der Waals surface area contributed by atoms with Gasteiger partial charge < -0.3 is 15.6 Å². The summed E-state index contributed by atoms with van der Waals surface area (Å²) in [6, 6.07) is 0.160. The Kier molecular flexibility index (Phi) is 4.36. The van der Waals surface area contributed by atoms with Crippen molar-refractivity contribution in [3.8, 4) is 0 Å². The van der Waals surface area contributed by atoms with Crippen molar-refractivity contribution in [3.63, 3.8) is 0 Å². The van der Waals surface area contributed by atoms with Gasteiger partial charge in [-0.25, -0.2) is 4.98 Å². The fourth-order valence-corrected chi connectivity index (χ4v) is 2.68. The van der Waals surface area contributed by atoms with E-state index in [0.717, 1.165) is 0 Å². The molecule has 0 saturated heterocycles. The third-order valence-electron chi connectivity index (χ3n) is 3.81. The second-order valence-corrected chi connectivity index (χ2v) is 5.08. The van der Waals surface area contributed by atoms with E-state index >= 15 is 0 Å². The maximum absolute atomic E-state index is 11.9. The molecule has 3 N–H and O–H groups in total. The van der Waals surface area contributed by atoms with Crippen LogP contribution in [-0.2, 0) is 7.05 Å². The Labute approximate surface area is 107 Å². The quantitative estimate of drug-likeness (QED) is 0.839. The lowest BCUT2D eigenvalue weighted by atomic mass is 9.84. The molecule has 1 heterocycles. The van der Waals surface area contributed by atoms with E-state index in [4.69, 9.17) is 5.73 Å². The Morgan fingerprint density at radius 2 is 2.22 bits per heavy atom. The van der Waals surface area contributed by atoms with Gasteiger partial charge in [-0.3, -0.25) is 4.79 Å². The number of anilines is 1. The van der Waals surface area contributed by atoms with Gasteiger partial charge in [0.2, 0.25) is 0 Å². The van der Waals surface area contributed by atoms with Crippen LogP contribution in [0.1, 0.15) is 32.1 Å². The summed E-state index contributed by atoms with van der Waals surface area (Å²) in [6.45, 7) is 0.546. The van der Waals surface area contributed by atoms with E-state index < -0.39 is 0 Å². The fraction of sp³-hybridized carbons (Fsp3) is 0.692. The summed E-state index contributed by atoms with van der Waals surface area (Å²) in [5.74, 6) is 0.983. The first-order valence-corrected chi connectivity index (χ1v) is 6.70. The predicted octanol–water partition coefficient (Wildman–Crippen LogP) is 1.10. The van der Waals surface area contributed by atoms with Gasteiger partial charge in [-0.2, -0.15) is 0 Å². The fourth-order valence-electron chi connectivity index (χ4n) is 2.68. The van der Waals surface area contributed by atoms with Crippen molar-refractivity contribution in [2.24, 2.45) is 18.7 Å². The highest BCUT2D eigenvalue weighted by Crippen LogP contribution is 2.27. The average molecular weight is 250 g/mol. The molecule has 1 aromatic rings. The summed E-state index contributed by atoms with van der Waals surface area (Å²) < 4.78 is 1.53. The van der Waals surface area contributed by atoms with E-state index in [1.165, 1.54) is 36.7 Å². The van der Waals surface area contributed by atoms with Crippen LogP contribution in [0.3, 0.4) is 0 Å². The van der Waals surface area contributed by atoms with Crippen LogP contribution in [0.15, 0.2) is 17.2 Å². The zero-order chi connectivity index (χ0) is 13.0. The van der Waals surface area contributed by atoms with Crippen LogP contribution < -0.4 is 16.6 Å². The molecule has 1 aromatic heterocycles. The molecule has 1 atom stereocenters. The molecule has 0 bridgehead atoms. The first kappa shape index (κ1) is 13.1. The minimum Gasteiger partial charge on any atom is -0.361 e. The molecule has 2 rings (SSSR count). The van der Waals surface area contributed by atoms with Crippen LogP contribution >= 0.6 is 0 Å². The van der Waals surface area contributed by atoms with Gasteiger partial charge in [0.15, 0.2) is 5.82 Å². The Bertz CT molecular complexity index is 437. The minimum absolute atomic E-state index is 0.0910. The summed E-state index contributed by atoms with van der Waals surface area (Å²) in [6.07, 6.45) is 9.54. The van der Waals surface area contributed by atoms with Crippen molar-refractivity contribution in [3.05, 3.63) is 22.7 Å². The van der Waals surface area contributed by atoms with Gasteiger partial charge in [0.25, 0.3) is 5.56 Å². The molecular weight excluding hydrogens is 228 g/mol. The third kappa shape index (κ3) is 2.90. The smallest absolute Gasteiger partial charge is 0.293 e. The number of aromatic nitrogens is 2. The molecule has 18 heavy (non-hydrogen) atoms. The van der Waals surface area contributed by atoms with Crippen molar-refractivity contribution in [2.45, 2.75) is 38.1 Å². The van der Waals surface area contributed by atoms with Gasteiger partial charge in [-0.15, -0.1) is 0 Å². The van der Waals surface area contributed by atoms with Crippen molar-refractivity contribution in [2.75, 3.05) is 11.9 Å². The molecule has 1 fully saturated rings. The molecule has 0 radical (unpaired) electrons. The van der Waals surface area contributed by atoms with E-state index in [1.54, 1.807) is 19.4 Å². The average Bonchev–Trinajstić information content (AvgIpc) is 2.41. The van der Waals surface area contributed by atoms with E-state index in [2.05, 4.69) is 10.3 Å². The van der Waals surface area contributed by atoms with Crippen LogP contribution in [0, 0.1) is 5.92 Å². The molecule has 0 amide bonds. The van der Waals surface area contributed by atoms with E-state index in [1.807, 2.05) is 0 Å². The van der Waals surface area contributed by atoms with Crippen molar-refractivity contribution in [1.82, 2.24) is 9.55 Å². The molecular formula is C13H22N4O. The Hall–Kier alpha value is -1.36. The van der Waals surface area contributed by atoms with E-state index in [9.17, 15) is 4.79 Å². The minimum atomic E-state index is -0.0910. The molecule has 1 saturated carbocycles. The number of aryl methyl sites for hydroxylation is 1. The van der Waals surface area contributed by atoms with E-state index in [0.29, 0.717) is 18.3 Å². The summed E-state index contributed by atoms with van der Waals surface area (Å²) >= 11 is 0. The highest BCUT2D eigenvalue weighted by Gasteiger charge is 2.23. The SMILES string of the molecule is Cn1ccnc(NC(CN)C2CCCCC2)c1=O. The topological polar surface area (TPSA) is 72.9 Å². The summed E-state index contributed by atoms with van der Waals surface area (Å²) in [5, 5.41) is 3.24. The number of rotatable bonds is 4. The molecule has 5 nitrogen and oxygen atoms in total. The summed E-state index contributed by atoms with van der Waals surface area (Å²) in [4.78, 5) is 16.0. The Morgan fingerprint density at radius 3 is 2.89 bits per heavy atom. The lowest BCUT2D eigenvalue weighted by Crippen LogP contribution is -2.39. The number of hydrogen-bond donors (Lipinski definition) is 2. The highest BCUT2D eigenvalue weighted by molar-refractivity contribution is 5.32. The van der Waals surface area contributed by atoms with Gasteiger partial charge in [-0.1, -0.05) is 19.3 Å². The molecule has 0 aliphatic heterocycles. The first-order chi connectivity index (χ1) is 8.72. The van der Waals surface area contributed by atoms with Gasteiger partial charge in [-0.05, 0) is 18.8 Å². The molecule has 1 aliphatic rings. The summed E-state index contributed by atoms with van der Waals surface area (Å²) in [7, 11) is 1.73. The molecule has 5 heteroatoms. The summed E-state index contributed by atoms with van der Waals surface area (Å²) in [5.41, 5.74) is 5.75. The van der Waals surface area contributed by atoms with Crippen LogP contribution in [0.4, 0.5) is 5.82 Å². The number of nitrogens with zero attached hydrogens (tertiary/aromatic N) is 2. The van der Waals surface area contributed by atoms with Crippen LogP contribution in [0.25, 0.3) is 0 Å². The van der Waals surface area contributed by atoms with Crippen LogP contribution in [-0.4, -0.2) is 22.1 Å². The van der Waals surface area contributed by atoms with Crippen LogP contribution in [0.5, 0.6) is 0 Å². The molecule has 0 aromatic carbocycles. The maximum Gasteiger partial charge on any atom is 0.293 e. The highest BCUT2D eigenvalue weighted by atomic mass is 16.1. The molecule has 100 valence electrons. The number of nitrogens with two attached hydrogens (primary N) is 1. The molecule has 0 spiro atoms. The third-order valence-corrected chi connectivity index (χ3v) is 3.81. The van der Waals surface area contributed by atoms with Gasteiger partial charge in [0.1, 0.15) is 0 Å². The lowest BCUT2D eigenvalue weighted by molar-refractivity contribution is 0.320. The number of hydrogen-bond acceptors (Lipinski definition) is 4. The van der Waals surface area contributed by atoms with Gasteiger partial charge >= 0.3 is 0 Å². The lowest BCUT2D eigenvalue weighted by Gasteiger charge is -2.30. The maximum atomic E-state index is 11.9. The first-order valence-electron chi connectivity index (χ1n) is 6.70. The van der Waals surface area contributed by atoms with Crippen LogP contribution in [0.2, 0.25) is 0 Å². The second-order valence-electron chi connectivity index (χ2n) is 5.08. The Balaban J connectivity index is 2.09. The number of nitrogens with one attached hydrogen (secondary N) is 1. The predicted molar refractivity (Wildman–Crippen MR) is 72.5 cm³/mol. The molecule has 1 unspecified atom stereocenters. The Morgan fingerprint density at radius 1 is 1.50 bits per heavy atom. The molecule has 1 aliphatic carbocycles. The largest absolute Gasteiger partial charge is 0.361 e. The standard InChI is InChI=1S/C13H22N4O/c1-17-8-7-15-12(13(17)18)16-11(9-14)10-5-3-2-4-6-10/h7-8,10-11H,2-6,9,14H2,1H3,(H,15,16). The monoisotopic (exact) mass is 250 g/mol. The second kappa shape index (κ2) is 6.00.